The normalized spacial score (nSPS) is 11.4. The van der Waals surface area contributed by atoms with E-state index >= 15 is 0 Å². The summed E-state index contributed by atoms with van der Waals surface area (Å²) in [6, 6.07) is 13.8. The lowest BCUT2D eigenvalue weighted by Gasteiger charge is -2.18. The van der Waals surface area contributed by atoms with Crippen LogP contribution in [-0.2, 0) is 14.3 Å². The van der Waals surface area contributed by atoms with E-state index in [-0.39, 0.29) is 18.9 Å². The van der Waals surface area contributed by atoms with Crippen molar-refractivity contribution in [2.45, 2.75) is 19.4 Å². The van der Waals surface area contributed by atoms with Crippen molar-refractivity contribution < 1.29 is 19.1 Å². The van der Waals surface area contributed by atoms with Gasteiger partial charge in [-0.15, -0.1) is 0 Å². The predicted molar refractivity (Wildman–Crippen MR) is 105 cm³/mol. The summed E-state index contributed by atoms with van der Waals surface area (Å²) >= 11 is 3.35. The zero-order chi connectivity index (χ0) is 19.8. The van der Waals surface area contributed by atoms with Crippen molar-refractivity contribution in [3.63, 3.8) is 0 Å². The van der Waals surface area contributed by atoms with Crippen LogP contribution in [0.5, 0.6) is 0 Å². The molecule has 2 aromatic rings. The fraction of sp³-hybridized carbons (Fsp3) is 0.250. The van der Waals surface area contributed by atoms with Gasteiger partial charge in [0, 0.05) is 10.0 Å². The summed E-state index contributed by atoms with van der Waals surface area (Å²) in [5.41, 5.74) is 2.21. The van der Waals surface area contributed by atoms with Crippen LogP contribution in [0.25, 0.3) is 0 Å². The first-order chi connectivity index (χ1) is 12.9. The third-order valence-corrected chi connectivity index (χ3v) is 4.42. The average molecular weight is 433 g/mol. The van der Waals surface area contributed by atoms with Crippen LogP contribution in [0.4, 0.5) is 0 Å². The van der Waals surface area contributed by atoms with E-state index in [2.05, 4.69) is 26.6 Å². The van der Waals surface area contributed by atoms with Gasteiger partial charge in [0.25, 0.3) is 5.91 Å². The second-order valence-corrected chi connectivity index (χ2v) is 6.92. The highest BCUT2D eigenvalue weighted by Crippen LogP contribution is 2.20. The average Bonchev–Trinajstić information content (AvgIpc) is 2.66. The molecule has 2 amide bonds. The summed E-state index contributed by atoms with van der Waals surface area (Å²) in [6.07, 6.45) is -0.00427. The van der Waals surface area contributed by atoms with Gasteiger partial charge in [-0.1, -0.05) is 45.8 Å². The summed E-state index contributed by atoms with van der Waals surface area (Å²) in [5.74, 6) is -1.16. The van der Waals surface area contributed by atoms with Crippen LogP contribution >= 0.6 is 15.9 Å². The number of carbonyl (C=O) groups excluding carboxylic acids is 3. The minimum atomic E-state index is -0.547. The number of esters is 1. The fourth-order valence-corrected chi connectivity index (χ4v) is 2.76. The van der Waals surface area contributed by atoms with Gasteiger partial charge in [0.15, 0.2) is 0 Å². The first-order valence-electron chi connectivity index (χ1n) is 8.35. The SMILES string of the molecule is COC(=O)CC(NC(=O)CNC(=O)c1cccc(C)c1)c1ccc(Br)cc1. The van der Waals surface area contributed by atoms with Gasteiger partial charge in [0.05, 0.1) is 26.1 Å². The zero-order valence-corrected chi connectivity index (χ0v) is 16.7. The Kier molecular flexibility index (Phi) is 7.55. The van der Waals surface area contributed by atoms with Gasteiger partial charge in [0.1, 0.15) is 0 Å². The molecular formula is C20H21BrN2O4. The number of hydrogen-bond donors (Lipinski definition) is 2. The molecule has 0 heterocycles. The summed E-state index contributed by atoms with van der Waals surface area (Å²) in [6.45, 7) is 1.69. The first kappa shape index (κ1) is 20.6. The minimum absolute atomic E-state index is 0.00427. The standard InChI is InChI=1S/C20H21BrN2O4/c1-13-4-3-5-15(10-13)20(26)22-12-18(24)23-17(11-19(25)27-2)14-6-8-16(21)9-7-14/h3-10,17H,11-12H2,1-2H3,(H,22,26)(H,23,24). The van der Waals surface area contributed by atoms with Gasteiger partial charge in [-0.2, -0.15) is 0 Å². The number of amides is 2. The molecule has 142 valence electrons. The van der Waals surface area contributed by atoms with E-state index in [1.807, 2.05) is 37.3 Å². The molecule has 27 heavy (non-hydrogen) atoms. The van der Waals surface area contributed by atoms with Gasteiger partial charge >= 0.3 is 5.97 Å². The third-order valence-electron chi connectivity index (χ3n) is 3.90. The maximum atomic E-state index is 12.3. The van der Waals surface area contributed by atoms with E-state index in [0.29, 0.717) is 5.56 Å². The molecule has 0 aliphatic heterocycles. The molecular weight excluding hydrogens is 412 g/mol. The lowest BCUT2D eigenvalue weighted by molar-refractivity contribution is -0.141. The summed E-state index contributed by atoms with van der Waals surface area (Å²) in [5, 5.41) is 5.35. The van der Waals surface area contributed by atoms with Crippen molar-refractivity contribution in [2.75, 3.05) is 13.7 Å². The van der Waals surface area contributed by atoms with Crippen LogP contribution in [0, 0.1) is 6.92 Å². The smallest absolute Gasteiger partial charge is 0.307 e. The van der Waals surface area contributed by atoms with Crippen molar-refractivity contribution in [1.29, 1.82) is 0 Å². The Morgan fingerprint density at radius 3 is 2.44 bits per heavy atom. The molecule has 0 saturated heterocycles. The van der Waals surface area contributed by atoms with Crippen molar-refractivity contribution in [1.82, 2.24) is 10.6 Å². The molecule has 2 aromatic carbocycles. The molecule has 0 aliphatic rings. The number of carbonyl (C=O) groups is 3. The van der Waals surface area contributed by atoms with Crippen LogP contribution in [0.15, 0.2) is 53.0 Å². The molecule has 2 rings (SSSR count). The van der Waals surface area contributed by atoms with E-state index in [0.717, 1.165) is 15.6 Å². The number of rotatable bonds is 7. The van der Waals surface area contributed by atoms with Crippen LogP contribution in [0.2, 0.25) is 0 Å². The molecule has 2 N–H and O–H groups in total. The van der Waals surface area contributed by atoms with Gasteiger partial charge in [-0.05, 0) is 36.8 Å². The number of ether oxygens (including phenoxy) is 1. The highest BCUT2D eigenvalue weighted by Gasteiger charge is 2.19. The van der Waals surface area contributed by atoms with Crippen LogP contribution in [0.3, 0.4) is 0 Å². The number of nitrogens with one attached hydrogen (secondary N) is 2. The molecule has 0 saturated carbocycles. The van der Waals surface area contributed by atoms with Crippen LogP contribution < -0.4 is 10.6 Å². The highest BCUT2D eigenvalue weighted by molar-refractivity contribution is 9.10. The Morgan fingerprint density at radius 2 is 1.81 bits per heavy atom. The maximum absolute atomic E-state index is 12.3. The summed E-state index contributed by atoms with van der Waals surface area (Å²) < 4.78 is 5.59. The molecule has 0 fully saturated rings. The molecule has 0 aliphatic carbocycles. The first-order valence-corrected chi connectivity index (χ1v) is 9.15. The van der Waals surface area contributed by atoms with Gasteiger partial charge in [-0.25, -0.2) is 0 Å². The highest BCUT2D eigenvalue weighted by atomic mass is 79.9. The number of hydrogen-bond acceptors (Lipinski definition) is 4. The van der Waals surface area contributed by atoms with Crippen molar-refractivity contribution in [2.24, 2.45) is 0 Å². The van der Waals surface area contributed by atoms with E-state index in [1.165, 1.54) is 7.11 Å². The Balaban J connectivity index is 1.99. The van der Waals surface area contributed by atoms with Gasteiger partial charge in [0.2, 0.25) is 5.91 Å². The number of benzene rings is 2. The van der Waals surface area contributed by atoms with E-state index in [4.69, 9.17) is 4.74 Å². The maximum Gasteiger partial charge on any atom is 0.307 e. The number of methoxy groups -OCH3 is 1. The Labute approximate surface area is 166 Å². The van der Waals surface area contributed by atoms with Crippen molar-refractivity contribution in [3.05, 3.63) is 69.7 Å². The molecule has 6 nitrogen and oxygen atoms in total. The molecule has 7 heteroatoms. The predicted octanol–water partition coefficient (Wildman–Crippen LogP) is 2.91. The molecule has 0 spiro atoms. The second kappa shape index (κ2) is 9.87. The number of aryl methyl sites for hydroxylation is 1. The largest absolute Gasteiger partial charge is 0.469 e. The second-order valence-electron chi connectivity index (χ2n) is 6.00. The fourth-order valence-electron chi connectivity index (χ4n) is 2.49. The third kappa shape index (κ3) is 6.53. The molecule has 1 atom stereocenters. The zero-order valence-electron chi connectivity index (χ0n) is 15.1. The number of halogens is 1. The molecule has 0 aromatic heterocycles. The Bertz CT molecular complexity index is 821. The molecule has 0 bridgehead atoms. The topological polar surface area (TPSA) is 84.5 Å². The van der Waals surface area contributed by atoms with Crippen LogP contribution in [-0.4, -0.2) is 31.4 Å². The summed E-state index contributed by atoms with van der Waals surface area (Å²) in [4.78, 5) is 36.1. The minimum Gasteiger partial charge on any atom is -0.469 e. The monoisotopic (exact) mass is 432 g/mol. The van der Waals surface area contributed by atoms with Gasteiger partial charge < -0.3 is 15.4 Å². The van der Waals surface area contributed by atoms with E-state index in [9.17, 15) is 14.4 Å². The Morgan fingerprint density at radius 1 is 1.11 bits per heavy atom. The summed E-state index contributed by atoms with van der Waals surface area (Å²) in [7, 11) is 1.30. The van der Waals surface area contributed by atoms with E-state index in [1.54, 1.807) is 18.2 Å². The lowest BCUT2D eigenvalue weighted by Crippen LogP contribution is -2.39. The Hall–Kier alpha value is -2.67. The van der Waals surface area contributed by atoms with Crippen molar-refractivity contribution >= 4 is 33.7 Å². The van der Waals surface area contributed by atoms with Gasteiger partial charge in [-0.3, -0.25) is 14.4 Å². The quantitative estimate of drug-likeness (QED) is 0.658. The lowest BCUT2D eigenvalue weighted by atomic mass is 10.0. The van der Waals surface area contributed by atoms with Crippen LogP contribution in [0.1, 0.15) is 33.9 Å². The van der Waals surface area contributed by atoms with E-state index < -0.39 is 17.9 Å². The van der Waals surface area contributed by atoms with Crippen molar-refractivity contribution in [3.8, 4) is 0 Å². The molecule has 1 unspecified atom stereocenters. The molecule has 0 radical (unpaired) electrons.